The van der Waals surface area contributed by atoms with Crippen molar-refractivity contribution in [2.24, 2.45) is 0 Å². The van der Waals surface area contributed by atoms with Crippen molar-refractivity contribution in [3.05, 3.63) is 64.2 Å². The lowest BCUT2D eigenvalue weighted by molar-refractivity contribution is -0.114. The Kier molecular flexibility index (Phi) is 5.60. The van der Waals surface area contributed by atoms with E-state index in [1.807, 2.05) is 36.4 Å². The van der Waals surface area contributed by atoms with E-state index in [0.29, 0.717) is 0 Å². The number of carbonyl (C=O) groups is 1. The molecule has 0 bridgehead atoms. The number of amides is 1. The number of hydrogen-bond donors (Lipinski definition) is 2. The average Bonchev–Trinajstić information content (AvgIpc) is 3.08. The van der Waals surface area contributed by atoms with Crippen LogP contribution in [-0.2, 0) is 11.2 Å². The maximum Gasteiger partial charge on any atom is 0.221 e. The van der Waals surface area contributed by atoms with Crippen LogP contribution in [0.25, 0.3) is 21.3 Å². The lowest BCUT2D eigenvalue weighted by atomic mass is 10.0. The topological polar surface area (TPSA) is 66.9 Å². The number of hydrogen-bond acceptors (Lipinski definition) is 5. The monoisotopic (exact) mass is 466 g/mol. The highest BCUT2D eigenvalue weighted by molar-refractivity contribution is 9.10. The molecule has 0 saturated heterocycles. The van der Waals surface area contributed by atoms with Crippen LogP contribution >= 0.6 is 27.3 Å². The van der Waals surface area contributed by atoms with Gasteiger partial charge < -0.3 is 10.6 Å². The van der Waals surface area contributed by atoms with Crippen molar-refractivity contribution in [3.8, 4) is 11.1 Å². The second-order valence-electron chi connectivity index (χ2n) is 6.55. The van der Waals surface area contributed by atoms with Crippen molar-refractivity contribution < 1.29 is 4.79 Å². The molecule has 0 aliphatic carbocycles. The van der Waals surface area contributed by atoms with E-state index in [9.17, 15) is 4.79 Å². The molecule has 4 aromatic rings. The summed E-state index contributed by atoms with van der Waals surface area (Å²) in [5, 5.41) is 7.24. The van der Waals surface area contributed by atoms with Gasteiger partial charge in [-0.25, -0.2) is 9.97 Å². The zero-order valence-corrected chi connectivity index (χ0v) is 18.4. The molecule has 146 valence electrons. The number of thiophene rings is 1. The molecule has 0 fully saturated rings. The molecule has 0 spiro atoms. The highest BCUT2D eigenvalue weighted by Gasteiger charge is 2.18. The molecule has 29 heavy (non-hydrogen) atoms. The summed E-state index contributed by atoms with van der Waals surface area (Å²) in [7, 11) is 0. The third kappa shape index (κ3) is 4.16. The molecule has 0 aliphatic rings. The van der Waals surface area contributed by atoms with Crippen LogP contribution in [-0.4, -0.2) is 15.9 Å². The Morgan fingerprint density at radius 1 is 1.10 bits per heavy atom. The van der Waals surface area contributed by atoms with E-state index in [-0.39, 0.29) is 5.91 Å². The summed E-state index contributed by atoms with van der Waals surface area (Å²) in [6.07, 6.45) is 2.51. The quantitative estimate of drug-likeness (QED) is 0.357. The SMILES string of the molecule is CCc1sc2ncnc(Nc3cccc(NC(C)=O)c3)c2c1-c1ccc(Br)cc1. The van der Waals surface area contributed by atoms with Gasteiger partial charge in [-0.05, 0) is 42.3 Å². The fourth-order valence-corrected chi connectivity index (χ4v) is 4.62. The van der Waals surface area contributed by atoms with Crippen LogP contribution in [0.15, 0.2) is 59.3 Å². The smallest absolute Gasteiger partial charge is 0.221 e. The summed E-state index contributed by atoms with van der Waals surface area (Å²) in [6.45, 7) is 3.65. The summed E-state index contributed by atoms with van der Waals surface area (Å²) in [5.74, 6) is 0.651. The number of aromatic nitrogens is 2. The third-order valence-electron chi connectivity index (χ3n) is 4.46. The van der Waals surface area contributed by atoms with Crippen LogP contribution in [0.4, 0.5) is 17.2 Å². The predicted octanol–water partition coefficient (Wildman–Crippen LogP) is 6.39. The summed E-state index contributed by atoms with van der Waals surface area (Å²) >= 11 is 5.21. The van der Waals surface area contributed by atoms with Gasteiger partial charge in [0.15, 0.2) is 0 Å². The second-order valence-corrected chi connectivity index (χ2v) is 8.55. The molecule has 7 heteroatoms. The van der Waals surface area contributed by atoms with Gasteiger partial charge in [0.1, 0.15) is 17.0 Å². The first kappa shape index (κ1) is 19.5. The Labute approximate surface area is 181 Å². The van der Waals surface area contributed by atoms with E-state index in [4.69, 9.17) is 0 Å². The molecule has 2 aromatic carbocycles. The lowest BCUT2D eigenvalue weighted by Gasteiger charge is -2.11. The number of carbonyl (C=O) groups excluding carboxylic acids is 1. The van der Waals surface area contributed by atoms with E-state index < -0.39 is 0 Å². The first-order chi connectivity index (χ1) is 14.0. The summed E-state index contributed by atoms with van der Waals surface area (Å²) < 4.78 is 1.04. The van der Waals surface area contributed by atoms with Crippen molar-refractivity contribution in [2.75, 3.05) is 10.6 Å². The standard InChI is InChI=1S/C22H19BrN4OS/c1-3-18-19(14-7-9-15(23)10-8-14)20-21(24-12-25-22(20)29-18)27-17-6-4-5-16(11-17)26-13(2)28/h4-12H,3H2,1-2H3,(H,26,28)(H,24,25,27). The van der Waals surface area contributed by atoms with Gasteiger partial charge >= 0.3 is 0 Å². The van der Waals surface area contributed by atoms with Crippen molar-refractivity contribution in [1.29, 1.82) is 0 Å². The first-order valence-corrected chi connectivity index (χ1v) is 10.8. The Bertz CT molecular complexity index is 1190. The molecule has 2 heterocycles. The molecule has 0 radical (unpaired) electrons. The Morgan fingerprint density at radius 3 is 2.59 bits per heavy atom. The van der Waals surface area contributed by atoms with E-state index in [1.165, 1.54) is 17.4 Å². The van der Waals surface area contributed by atoms with Crippen molar-refractivity contribution in [1.82, 2.24) is 9.97 Å². The molecule has 2 N–H and O–H groups in total. The van der Waals surface area contributed by atoms with Gasteiger partial charge in [-0.3, -0.25) is 4.79 Å². The molecule has 0 aliphatic heterocycles. The van der Waals surface area contributed by atoms with E-state index in [2.05, 4.69) is 55.6 Å². The van der Waals surface area contributed by atoms with Crippen LogP contribution < -0.4 is 10.6 Å². The minimum atomic E-state index is -0.102. The number of fused-ring (bicyclic) bond motifs is 1. The lowest BCUT2D eigenvalue weighted by Crippen LogP contribution is -2.05. The van der Waals surface area contributed by atoms with Gasteiger partial charge in [0, 0.05) is 33.2 Å². The van der Waals surface area contributed by atoms with Gasteiger partial charge in [-0.15, -0.1) is 11.3 Å². The molecule has 4 rings (SSSR count). The summed E-state index contributed by atoms with van der Waals surface area (Å²) in [4.78, 5) is 22.6. The number of halogens is 1. The number of anilines is 3. The van der Waals surface area contributed by atoms with E-state index in [1.54, 1.807) is 17.7 Å². The Hall–Kier alpha value is -2.77. The highest BCUT2D eigenvalue weighted by Crippen LogP contribution is 2.42. The molecule has 5 nitrogen and oxygen atoms in total. The summed E-state index contributed by atoms with van der Waals surface area (Å²) in [5.41, 5.74) is 3.89. The largest absolute Gasteiger partial charge is 0.340 e. The predicted molar refractivity (Wildman–Crippen MR) is 124 cm³/mol. The number of nitrogens with one attached hydrogen (secondary N) is 2. The molecule has 0 saturated carbocycles. The maximum absolute atomic E-state index is 11.4. The fourth-order valence-electron chi connectivity index (χ4n) is 3.26. The van der Waals surface area contributed by atoms with Crippen LogP contribution in [0.2, 0.25) is 0 Å². The number of nitrogens with zero attached hydrogens (tertiary/aromatic N) is 2. The van der Waals surface area contributed by atoms with Crippen LogP contribution in [0, 0.1) is 0 Å². The maximum atomic E-state index is 11.4. The van der Waals surface area contributed by atoms with Gasteiger partial charge in [-0.2, -0.15) is 0 Å². The number of aryl methyl sites for hydroxylation is 1. The van der Waals surface area contributed by atoms with Crippen molar-refractivity contribution >= 4 is 60.6 Å². The molecule has 1 amide bonds. The van der Waals surface area contributed by atoms with Gasteiger partial charge in [-0.1, -0.05) is 41.1 Å². The second kappa shape index (κ2) is 8.31. The molecule has 0 atom stereocenters. The molecular weight excluding hydrogens is 448 g/mol. The van der Waals surface area contributed by atoms with Gasteiger partial charge in [0.25, 0.3) is 0 Å². The molecule has 2 aromatic heterocycles. The van der Waals surface area contributed by atoms with Crippen molar-refractivity contribution in [3.63, 3.8) is 0 Å². The Morgan fingerprint density at radius 2 is 1.86 bits per heavy atom. The van der Waals surface area contributed by atoms with Crippen LogP contribution in [0.3, 0.4) is 0 Å². The number of benzene rings is 2. The van der Waals surface area contributed by atoms with Gasteiger partial charge in [0.05, 0.1) is 5.39 Å². The van der Waals surface area contributed by atoms with E-state index in [0.717, 1.165) is 43.9 Å². The molecular formula is C22H19BrN4OS. The Balaban J connectivity index is 1.82. The first-order valence-electron chi connectivity index (χ1n) is 9.22. The minimum absolute atomic E-state index is 0.102. The van der Waals surface area contributed by atoms with Crippen molar-refractivity contribution in [2.45, 2.75) is 20.3 Å². The fraction of sp³-hybridized carbons (Fsp3) is 0.136. The van der Waals surface area contributed by atoms with Crippen LogP contribution in [0.1, 0.15) is 18.7 Å². The summed E-state index contributed by atoms with van der Waals surface area (Å²) in [6, 6.07) is 15.9. The van der Waals surface area contributed by atoms with E-state index >= 15 is 0 Å². The highest BCUT2D eigenvalue weighted by atomic mass is 79.9. The average molecular weight is 467 g/mol. The van der Waals surface area contributed by atoms with Gasteiger partial charge in [0.2, 0.25) is 5.91 Å². The molecule has 0 unspecified atom stereocenters. The normalized spacial score (nSPS) is 10.9. The zero-order valence-electron chi connectivity index (χ0n) is 16.0. The zero-order chi connectivity index (χ0) is 20.4. The number of rotatable bonds is 5. The van der Waals surface area contributed by atoms with Crippen LogP contribution in [0.5, 0.6) is 0 Å². The third-order valence-corrected chi connectivity index (χ3v) is 6.23. The minimum Gasteiger partial charge on any atom is -0.340 e.